The van der Waals surface area contributed by atoms with E-state index in [-0.39, 0.29) is 17.8 Å². The summed E-state index contributed by atoms with van der Waals surface area (Å²) in [6.45, 7) is 2.64. The lowest BCUT2D eigenvalue weighted by molar-refractivity contribution is -0.389. The Balaban J connectivity index is 2.32. The van der Waals surface area contributed by atoms with Gasteiger partial charge >= 0.3 is 5.82 Å². The Morgan fingerprint density at radius 3 is 3.05 bits per heavy atom. The third-order valence-corrected chi connectivity index (χ3v) is 4.71. The summed E-state index contributed by atoms with van der Waals surface area (Å²) in [7, 11) is 0. The first-order valence-corrected chi connectivity index (χ1v) is 7.64. The molecule has 102 valence electrons. The highest BCUT2D eigenvalue weighted by atomic mass is 79.9. The molecule has 1 aliphatic rings. The van der Waals surface area contributed by atoms with E-state index in [2.05, 4.69) is 20.9 Å². The van der Waals surface area contributed by atoms with Gasteiger partial charge in [-0.3, -0.25) is 4.79 Å². The molecule has 19 heavy (non-hydrogen) atoms. The highest BCUT2D eigenvalue weighted by Gasteiger charge is 2.27. The number of aromatic nitrogens is 1. The highest BCUT2D eigenvalue weighted by Crippen LogP contribution is 2.24. The van der Waals surface area contributed by atoms with Crippen LogP contribution in [0.2, 0.25) is 0 Å². The molecule has 1 amide bonds. The minimum atomic E-state index is -0.599. The molecule has 1 fully saturated rings. The van der Waals surface area contributed by atoms with Gasteiger partial charge in [0.1, 0.15) is 0 Å². The molecule has 0 bridgehead atoms. The van der Waals surface area contributed by atoms with Crippen molar-refractivity contribution in [3.05, 3.63) is 32.4 Å². The van der Waals surface area contributed by atoms with Gasteiger partial charge in [0, 0.05) is 30.2 Å². The van der Waals surface area contributed by atoms with Gasteiger partial charge < -0.3 is 15.0 Å². The molecule has 0 spiro atoms. The van der Waals surface area contributed by atoms with Crippen LogP contribution >= 0.6 is 27.7 Å². The SMILES string of the molecule is CC1CSCCN1C(=O)c1cc([N+](=O)[O-])ncc1Br. The Hall–Kier alpha value is -1.15. The molecule has 0 radical (unpaired) electrons. The Kier molecular flexibility index (Phi) is 4.41. The zero-order chi connectivity index (χ0) is 14.0. The Morgan fingerprint density at radius 1 is 1.68 bits per heavy atom. The van der Waals surface area contributed by atoms with E-state index in [0.717, 1.165) is 11.5 Å². The standard InChI is InChI=1S/C11H12BrN3O3S/c1-7-6-19-3-2-14(7)11(16)8-4-10(15(17)18)13-5-9(8)12/h4-5,7H,2-3,6H2,1H3. The third kappa shape index (κ3) is 3.06. The summed E-state index contributed by atoms with van der Waals surface area (Å²) < 4.78 is 0.480. The summed E-state index contributed by atoms with van der Waals surface area (Å²) in [4.78, 5) is 28.0. The van der Waals surface area contributed by atoms with Crippen molar-refractivity contribution in [2.45, 2.75) is 13.0 Å². The second-order valence-electron chi connectivity index (χ2n) is 4.20. The first-order chi connectivity index (χ1) is 9.00. The third-order valence-electron chi connectivity index (χ3n) is 2.89. The molecule has 8 heteroatoms. The van der Waals surface area contributed by atoms with E-state index < -0.39 is 4.92 Å². The number of thioether (sulfide) groups is 1. The molecule has 0 saturated carbocycles. The average Bonchev–Trinajstić information content (AvgIpc) is 2.38. The van der Waals surface area contributed by atoms with Crippen LogP contribution in [0.15, 0.2) is 16.7 Å². The molecule has 0 aliphatic carbocycles. The van der Waals surface area contributed by atoms with Gasteiger partial charge in [-0.25, -0.2) is 0 Å². The maximum Gasteiger partial charge on any atom is 0.364 e. The smallest absolute Gasteiger partial charge is 0.358 e. The van der Waals surface area contributed by atoms with E-state index in [4.69, 9.17) is 0 Å². The number of nitro groups is 1. The Morgan fingerprint density at radius 2 is 2.42 bits per heavy atom. The van der Waals surface area contributed by atoms with Crippen LogP contribution in [0.1, 0.15) is 17.3 Å². The average molecular weight is 346 g/mol. The normalized spacial score (nSPS) is 19.3. The van der Waals surface area contributed by atoms with E-state index >= 15 is 0 Å². The van der Waals surface area contributed by atoms with Gasteiger partial charge in [0.05, 0.1) is 10.0 Å². The Bertz CT molecular complexity index is 526. The van der Waals surface area contributed by atoms with Crippen molar-refractivity contribution >= 4 is 39.4 Å². The van der Waals surface area contributed by atoms with Gasteiger partial charge in [0.2, 0.25) is 0 Å². The van der Waals surface area contributed by atoms with Gasteiger partial charge in [-0.2, -0.15) is 11.8 Å². The van der Waals surface area contributed by atoms with Crippen LogP contribution in [0.3, 0.4) is 0 Å². The van der Waals surface area contributed by atoms with Gasteiger partial charge in [0.25, 0.3) is 5.91 Å². The molecule has 1 aliphatic heterocycles. The fourth-order valence-electron chi connectivity index (χ4n) is 1.87. The molecule has 2 heterocycles. The molecule has 1 aromatic heterocycles. The molecule has 1 saturated heterocycles. The first-order valence-electron chi connectivity index (χ1n) is 5.69. The lowest BCUT2D eigenvalue weighted by Crippen LogP contribution is -2.44. The fourth-order valence-corrected chi connectivity index (χ4v) is 3.27. The van der Waals surface area contributed by atoms with Gasteiger partial charge in [0.15, 0.2) is 6.20 Å². The number of hydrogen-bond acceptors (Lipinski definition) is 5. The van der Waals surface area contributed by atoms with E-state index in [1.807, 2.05) is 6.92 Å². The summed E-state index contributed by atoms with van der Waals surface area (Å²) in [5.74, 6) is 1.27. The lowest BCUT2D eigenvalue weighted by Gasteiger charge is -2.33. The van der Waals surface area contributed by atoms with Gasteiger partial charge in [-0.1, -0.05) is 0 Å². The zero-order valence-electron chi connectivity index (χ0n) is 10.2. The molecule has 6 nitrogen and oxygen atoms in total. The number of halogens is 1. The first kappa shape index (κ1) is 14.3. The van der Waals surface area contributed by atoms with Crippen LogP contribution in [0.5, 0.6) is 0 Å². The number of carbonyl (C=O) groups is 1. The number of carbonyl (C=O) groups excluding carboxylic acids is 1. The van der Waals surface area contributed by atoms with Crippen LogP contribution in [0.4, 0.5) is 5.82 Å². The molecule has 1 atom stereocenters. The monoisotopic (exact) mass is 345 g/mol. The van der Waals surface area contributed by atoms with E-state index in [9.17, 15) is 14.9 Å². The second-order valence-corrected chi connectivity index (χ2v) is 6.21. The predicted molar refractivity (Wildman–Crippen MR) is 76.4 cm³/mol. The van der Waals surface area contributed by atoms with Crippen molar-refractivity contribution in [2.24, 2.45) is 0 Å². The maximum atomic E-state index is 12.4. The van der Waals surface area contributed by atoms with Crippen molar-refractivity contribution in [3.63, 3.8) is 0 Å². The summed E-state index contributed by atoms with van der Waals surface area (Å²) in [5.41, 5.74) is 0.292. The summed E-state index contributed by atoms with van der Waals surface area (Å²) >= 11 is 5.03. The largest absolute Gasteiger partial charge is 0.364 e. The number of rotatable bonds is 2. The van der Waals surface area contributed by atoms with Crippen molar-refractivity contribution in [1.29, 1.82) is 0 Å². The van der Waals surface area contributed by atoms with Crippen LogP contribution in [0, 0.1) is 10.1 Å². The van der Waals surface area contributed by atoms with Crippen molar-refractivity contribution in [2.75, 3.05) is 18.1 Å². The number of hydrogen-bond donors (Lipinski definition) is 0. The highest BCUT2D eigenvalue weighted by molar-refractivity contribution is 9.10. The molecule has 2 rings (SSSR count). The number of nitrogens with zero attached hydrogens (tertiary/aromatic N) is 3. The molecular formula is C11H12BrN3O3S. The minimum Gasteiger partial charge on any atom is -0.358 e. The molecule has 1 unspecified atom stereocenters. The molecular weight excluding hydrogens is 334 g/mol. The lowest BCUT2D eigenvalue weighted by atomic mass is 10.2. The summed E-state index contributed by atoms with van der Waals surface area (Å²) in [5, 5.41) is 10.7. The van der Waals surface area contributed by atoms with E-state index in [1.54, 1.807) is 16.7 Å². The molecule has 0 aromatic carbocycles. The van der Waals surface area contributed by atoms with Crippen LogP contribution in [0.25, 0.3) is 0 Å². The Labute approximate surface area is 122 Å². The second kappa shape index (κ2) is 5.87. The van der Waals surface area contributed by atoms with E-state index in [0.29, 0.717) is 16.6 Å². The summed E-state index contributed by atoms with van der Waals surface area (Å²) in [6.07, 6.45) is 1.30. The van der Waals surface area contributed by atoms with Crippen molar-refractivity contribution < 1.29 is 9.72 Å². The number of pyridine rings is 1. The van der Waals surface area contributed by atoms with Gasteiger partial charge in [-0.05, 0) is 32.8 Å². The topological polar surface area (TPSA) is 76.3 Å². The van der Waals surface area contributed by atoms with Gasteiger partial charge in [-0.15, -0.1) is 0 Å². The predicted octanol–water partition coefficient (Wildman–Crippen LogP) is 2.33. The minimum absolute atomic E-state index is 0.130. The zero-order valence-corrected chi connectivity index (χ0v) is 12.6. The van der Waals surface area contributed by atoms with E-state index in [1.165, 1.54) is 12.3 Å². The fraction of sp³-hybridized carbons (Fsp3) is 0.455. The van der Waals surface area contributed by atoms with Crippen LogP contribution in [-0.4, -0.2) is 44.8 Å². The molecule has 1 aromatic rings. The number of amides is 1. The van der Waals surface area contributed by atoms with Crippen LogP contribution < -0.4 is 0 Å². The molecule has 0 N–H and O–H groups in total. The summed E-state index contributed by atoms with van der Waals surface area (Å²) in [6, 6.07) is 1.35. The maximum absolute atomic E-state index is 12.4. The van der Waals surface area contributed by atoms with Crippen molar-refractivity contribution in [3.8, 4) is 0 Å². The quantitative estimate of drug-likeness (QED) is 0.607. The van der Waals surface area contributed by atoms with Crippen LogP contribution in [-0.2, 0) is 0 Å². The van der Waals surface area contributed by atoms with Crippen molar-refractivity contribution in [1.82, 2.24) is 9.88 Å².